The molecule has 2 heteroatoms. The van der Waals surface area contributed by atoms with Crippen molar-refractivity contribution < 1.29 is 0 Å². The first kappa shape index (κ1) is 10.4. The summed E-state index contributed by atoms with van der Waals surface area (Å²) in [5.41, 5.74) is 0. The summed E-state index contributed by atoms with van der Waals surface area (Å²) < 4.78 is 0. The molecule has 82 valence electrons. The fourth-order valence-electron chi connectivity index (χ4n) is 2.47. The SMILES string of the molecule is CCC1CCN(C2CC2)CC(C)CN1. The lowest BCUT2D eigenvalue weighted by molar-refractivity contribution is 0.189. The number of rotatable bonds is 2. The Kier molecular flexibility index (Phi) is 3.45. The molecule has 2 rings (SSSR count). The zero-order valence-electron chi connectivity index (χ0n) is 9.63. The average Bonchev–Trinajstić information content (AvgIpc) is 2.95. The van der Waals surface area contributed by atoms with Crippen molar-refractivity contribution in [1.29, 1.82) is 0 Å². The van der Waals surface area contributed by atoms with Crippen LogP contribution in [-0.4, -0.2) is 36.6 Å². The van der Waals surface area contributed by atoms with Crippen LogP contribution in [0.5, 0.6) is 0 Å². The molecule has 2 fully saturated rings. The van der Waals surface area contributed by atoms with E-state index in [1.807, 2.05) is 0 Å². The molecular formula is C12H24N2. The highest BCUT2D eigenvalue weighted by Crippen LogP contribution is 2.28. The summed E-state index contributed by atoms with van der Waals surface area (Å²) in [6.07, 6.45) is 5.54. The van der Waals surface area contributed by atoms with Crippen LogP contribution in [0, 0.1) is 5.92 Å². The molecular weight excluding hydrogens is 172 g/mol. The first-order valence-electron chi connectivity index (χ1n) is 6.27. The van der Waals surface area contributed by atoms with Gasteiger partial charge in [0.15, 0.2) is 0 Å². The molecule has 1 aliphatic carbocycles. The summed E-state index contributed by atoms with van der Waals surface area (Å²) in [7, 11) is 0. The van der Waals surface area contributed by atoms with Crippen molar-refractivity contribution in [3.05, 3.63) is 0 Å². The van der Waals surface area contributed by atoms with Gasteiger partial charge in [-0.2, -0.15) is 0 Å². The van der Waals surface area contributed by atoms with Gasteiger partial charge in [0.1, 0.15) is 0 Å². The van der Waals surface area contributed by atoms with E-state index in [2.05, 4.69) is 24.1 Å². The Balaban J connectivity index is 1.87. The fourth-order valence-corrected chi connectivity index (χ4v) is 2.47. The highest BCUT2D eigenvalue weighted by molar-refractivity contribution is 4.87. The third kappa shape index (κ3) is 2.71. The Morgan fingerprint density at radius 1 is 1.29 bits per heavy atom. The molecule has 1 saturated carbocycles. The van der Waals surface area contributed by atoms with Crippen LogP contribution in [0.25, 0.3) is 0 Å². The maximum Gasteiger partial charge on any atom is 0.00965 e. The monoisotopic (exact) mass is 196 g/mol. The van der Waals surface area contributed by atoms with Gasteiger partial charge in [-0.3, -0.25) is 0 Å². The second kappa shape index (κ2) is 4.63. The van der Waals surface area contributed by atoms with Crippen molar-refractivity contribution in [2.24, 2.45) is 5.92 Å². The predicted octanol–water partition coefficient (Wildman–Crippen LogP) is 1.86. The molecule has 0 spiro atoms. The van der Waals surface area contributed by atoms with E-state index in [0.29, 0.717) is 0 Å². The zero-order chi connectivity index (χ0) is 9.97. The molecule has 0 aromatic carbocycles. The maximum atomic E-state index is 3.67. The molecule has 1 N–H and O–H groups in total. The number of nitrogens with zero attached hydrogens (tertiary/aromatic N) is 1. The van der Waals surface area contributed by atoms with Crippen LogP contribution in [-0.2, 0) is 0 Å². The van der Waals surface area contributed by atoms with Gasteiger partial charge >= 0.3 is 0 Å². The van der Waals surface area contributed by atoms with Gasteiger partial charge in [-0.1, -0.05) is 13.8 Å². The van der Waals surface area contributed by atoms with Crippen LogP contribution in [0.4, 0.5) is 0 Å². The first-order valence-corrected chi connectivity index (χ1v) is 6.27. The van der Waals surface area contributed by atoms with E-state index >= 15 is 0 Å². The Bertz CT molecular complexity index is 177. The molecule has 0 aromatic heterocycles. The molecule has 0 radical (unpaired) electrons. The maximum absolute atomic E-state index is 3.67. The number of hydrogen-bond donors (Lipinski definition) is 1. The Labute approximate surface area is 88.1 Å². The summed E-state index contributed by atoms with van der Waals surface area (Å²) in [5.74, 6) is 0.824. The van der Waals surface area contributed by atoms with Crippen LogP contribution >= 0.6 is 0 Å². The normalized spacial score (nSPS) is 36.4. The van der Waals surface area contributed by atoms with E-state index < -0.39 is 0 Å². The molecule has 0 bridgehead atoms. The van der Waals surface area contributed by atoms with E-state index in [-0.39, 0.29) is 0 Å². The molecule has 14 heavy (non-hydrogen) atoms. The lowest BCUT2D eigenvalue weighted by atomic mass is 10.0. The van der Waals surface area contributed by atoms with E-state index in [4.69, 9.17) is 0 Å². The zero-order valence-corrected chi connectivity index (χ0v) is 9.63. The Hall–Kier alpha value is -0.0800. The minimum absolute atomic E-state index is 0.763. The van der Waals surface area contributed by atoms with Crippen molar-refractivity contribution in [2.45, 2.75) is 51.6 Å². The van der Waals surface area contributed by atoms with Crippen molar-refractivity contribution in [2.75, 3.05) is 19.6 Å². The molecule has 2 nitrogen and oxygen atoms in total. The molecule has 1 heterocycles. The van der Waals surface area contributed by atoms with Crippen LogP contribution in [0.1, 0.15) is 39.5 Å². The average molecular weight is 196 g/mol. The summed E-state index contributed by atoms with van der Waals surface area (Å²) in [4.78, 5) is 2.73. The Morgan fingerprint density at radius 2 is 2.07 bits per heavy atom. The lowest BCUT2D eigenvalue weighted by Gasteiger charge is -2.32. The van der Waals surface area contributed by atoms with Gasteiger partial charge in [-0.15, -0.1) is 0 Å². The summed E-state index contributed by atoms with van der Waals surface area (Å²) in [5, 5.41) is 3.67. The minimum atomic E-state index is 0.763. The largest absolute Gasteiger partial charge is 0.314 e. The number of nitrogens with one attached hydrogen (secondary N) is 1. The Morgan fingerprint density at radius 3 is 2.71 bits per heavy atom. The van der Waals surface area contributed by atoms with Gasteiger partial charge in [0.2, 0.25) is 0 Å². The highest BCUT2D eigenvalue weighted by Gasteiger charge is 2.30. The van der Waals surface area contributed by atoms with E-state index in [1.54, 1.807) is 0 Å². The molecule has 1 aliphatic heterocycles. The lowest BCUT2D eigenvalue weighted by Crippen LogP contribution is -2.44. The van der Waals surface area contributed by atoms with Gasteiger partial charge in [0.05, 0.1) is 0 Å². The molecule has 2 unspecified atom stereocenters. The minimum Gasteiger partial charge on any atom is -0.314 e. The van der Waals surface area contributed by atoms with Crippen molar-refractivity contribution in [3.63, 3.8) is 0 Å². The van der Waals surface area contributed by atoms with Crippen molar-refractivity contribution >= 4 is 0 Å². The smallest absolute Gasteiger partial charge is 0.00965 e. The van der Waals surface area contributed by atoms with Crippen LogP contribution in [0.2, 0.25) is 0 Å². The van der Waals surface area contributed by atoms with Crippen molar-refractivity contribution in [1.82, 2.24) is 10.2 Å². The molecule has 2 aliphatic rings. The van der Waals surface area contributed by atoms with E-state index in [1.165, 1.54) is 45.3 Å². The predicted molar refractivity (Wildman–Crippen MR) is 60.5 cm³/mol. The standard InChI is InChI=1S/C12H24N2/c1-3-11-6-7-14(12-4-5-12)9-10(2)8-13-11/h10-13H,3-9H2,1-2H3. The number of hydrogen-bond acceptors (Lipinski definition) is 2. The molecule has 0 aromatic rings. The van der Waals surface area contributed by atoms with Gasteiger partial charge in [0.25, 0.3) is 0 Å². The van der Waals surface area contributed by atoms with Crippen LogP contribution in [0.3, 0.4) is 0 Å². The van der Waals surface area contributed by atoms with E-state index in [0.717, 1.165) is 18.0 Å². The molecule has 2 atom stereocenters. The molecule has 1 saturated heterocycles. The van der Waals surface area contributed by atoms with Crippen molar-refractivity contribution in [3.8, 4) is 0 Å². The van der Waals surface area contributed by atoms with Gasteiger partial charge in [0, 0.05) is 18.6 Å². The summed E-state index contributed by atoms with van der Waals surface area (Å²) in [6.45, 7) is 8.52. The van der Waals surface area contributed by atoms with Gasteiger partial charge in [-0.05, 0) is 44.7 Å². The van der Waals surface area contributed by atoms with Crippen LogP contribution in [0.15, 0.2) is 0 Å². The second-order valence-corrected chi connectivity index (χ2v) is 5.13. The van der Waals surface area contributed by atoms with Gasteiger partial charge in [-0.25, -0.2) is 0 Å². The van der Waals surface area contributed by atoms with Gasteiger partial charge < -0.3 is 10.2 Å². The highest BCUT2D eigenvalue weighted by atomic mass is 15.2. The second-order valence-electron chi connectivity index (χ2n) is 5.13. The summed E-state index contributed by atoms with van der Waals surface area (Å²) in [6, 6.07) is 1.71. The quantitative estimate of drug-likeness (QED) is 0.725. The van der Waals surface area contributed by atoms with Crippen LogP contribution < -0.4 is 5.32 Å². The summed E-state index contributed by atoms with van der Waals surface area (Å²) >= 11 is 0. The third-order valence-electron chi connectivity index (χ3n) is 3.62. The first-order chi connectivity index (χ1) is 6.79. The molecule has 0 amide bonds. The fraction of sp³-hybridized carbons (Fsp3) is 1.00. The topological polar surface area (TPSA) is 15.3 Å². The van der Waals surface area contributed by atoms with E-state index in [9.17, 15) is 0 Å². The third-order valence-corrected chi connectivity index (χ3v) is 3.62.